The van der Waals surface area contributed by atoms with Gasteiger partial charge in [-0.1, -0.05) is 13.0 Å². The predicted octanol–water partition coefficient (Wildman–Crippen LogP) is 3.10. The molecule has 4 heteroatoms. The van der Waals surface area contributed by atoms with E-state index in [-0.39, 0.29) is 12.7 Å². The highest BCUT2D eigenvalue weighted by atomic mass is 19.1. The van der Waals surface area contributed by atoms with E-state index in [1.165, 1.54) is 0 Å². The number of rotatable bonds is 8. The lowest BCUT2D eigenvalue weighted by Gasteiger charge is -2.16. The van der Waals surface area contributed by atoms with Gasteiger partial charge in [-0.2, -0.15) is 0 Å². The van der Waals surface area contributed by atoms with Crippen molar-refractivity contribution in [3.05, 3.63) is 23.8 Å². The molecule has 0 aliphatic heterocycles. The SMILES string of the molecule is CCNC(C)c1ccc(OCCCF)c(OC)c1. The third kappa shape index (κ3) is 4.18. The maximum atomic E-state index is 12.0. The van der Waals surface area contributed by atoms with Crippen molar-refractivity contribution in [2.45, 2.75) is 26.3 Å². The standard InChI is InChI=1S/C14H22FNO2/c1-4-16-11(2)12-6-7-13(14(10-12)17-3)18-9-5-8-15/h6-7,10-11,16H,4-5,8-9H2,1-3H3. The number of ether oxygens (including phenoxy) is 2. The van der Waals surface area contributed by atoms with E-state index in [0.717, 1.165) is 12.1 Å². The summed E-state index contributed by atoms with van der Waals surface area (Å²) in [5.41, 5.74) is 1.14. The summed E-state index contributed by atoms with van der Waals surface area (Å²) in [6.07, 6.45) is 0.401. The quantitative estimate of drug-likeness (QED) is 0.724. The monoisotopic (exact) mass is 255 g/mol. The lowest BCUT2D eigenvalue weighted by Crippen LogP contribution is -2.17. The summed E-state index contributed by atoms with van der Waals surface area (Å²) in [5.74, 6) is 1.36. The van der Waals surface area contributed by atoms with E-state index in [2.05, 4.69) is 19.2 Å². The Balaban J connectivity index is 2.76. The molecule has 1 atom stereocenters. The van der Waals surface area contributed by atoms with Crippen LogP contribution in [-0.4, -0.2) is 26.9 Å². The highest BCUT2D eigenvalue weighted by molar-refractivity contribution is 5.43. The predicted molar refractivity (Wildman–Crippen MR) is 71.2 cm³/mol. The lowest BCUT2D eigenvalue weighted by molar-refractivity contribution is 0.273. The second-order valence-electron chi connectivity index (χ2n) is 4.08. The van der Waals surface area contributed by atoms with Gasteiger partial charge in [0.15, 0.2) is 11.5 Å². The molecule has 0 amide bonds. The molecule has 0 aromatic heterocycles. The van der Waals surface area contributed by atoms with Gasteiger partial charge in [-0.15, -0.1) is 0 Å². The van der Waals surface area contributed by atoms with Crippen molar-refractivity contribution in [2.24, 2.45) is 0 Å². The molecule has 0 aliphatic rings. The van der Waals surface area contributed by atoms with E-state index in [1.807, 2.05) is 18.2 Å². The molecule has 102 valence electrons. The fourth-order valence-corrected chi connectivity index (χ4v) is 1.73. The minimum absolute atomic E-state index is 0.267. The van der Waals surface area contributed by atoms with E-state index >= 15 is 0 Å². The van der Waals surface area contributed by atoms with Gasteiger partial charge in [0.1, 0.15) is 0 Å². The Morgan fingerprint density at radius 1 is 1.33 bits per heavy atom. The average Bonchev–Trinajstić information content (AvgIpc) is 2.39. The van der Waals surface area contributed by atoms with Gasteiger partial charge in [0.25, 0.3) is 0 Å². The number of methoxy groups -OCH3 is 1. The average molecular weight is 255 g/mol. The normalized spacial score (nSPS) is 12.2. The van der Waals surface area contributed by atoms with E-state index in [1.54, 1.807) is 7.11 Å². The van der Waals surface area contributed by atoms with E-state index in [9.17, 15) is 4.39 Å². The van der Waals surface area contributed by atoms with Crippen LogP contribution in [-0.2, 0) is 0 Å². The van der Waals surface area contributed by atoms with Crippen LogP contribution in [0.5, 0.6) is 11.5 Å². The zero-order valence-electron chi connectivity index (χ0n) is 11.3. The van der Waals surface area contributed by atoms with Gasteiger partial charge in [0, 0.05) is 12.5 Å². The number of benzene rings is 1. The molecule has 1 aromatic rings. The van der Waals surface area contributed by atoms with Crippen LogP contribution < -0.4 is 14.8 Å². The second-order valence-corrected chi connectivity index (χ2v) is 4.08. The van der Waals surface area contributed by atoms with Crippen LogP contribution in [0.1, 0.15) is 31.9 Å². The topological polar surface area (TPSA) is 30.5 Å². The molecule has 1 N–H and O–H groups in total. The molecule has 18 heavy (non-hydrogen) atoms. The fraction of sp³-hybridized carbons (Fsp3) is 0.571. The van der Waals surface area contributed by atoms with Crippen molar-refractivity contribution in [1.82, 2.24) is 5.32 Å². The molecule has 0 fully saturated rings. The summed E-state index contributed by atoms with van der Waals surface area (Å²) < 4.78 is 22.8. The maximum absolute atomic E-state index is 12.0. The Labute approximate surface area is 108 Å². The summed E-state index contributed by atoms with van der Waals surface area (Å²) in [6.45, 7) is 5.09. The Bertz CT molecular complexity index is 358. The zero-order chi connectivity index (χ0) is 13.4. The summed E-state index contributed by atoms with van der Waals surface area (Å²) in [6, 6.07) is 6.10. The summed E-state index contributed by atoms with van der Waals surface area (Å²) >= 11 is 0. The summed E-state index contributed by atoms with van der Waals surface area (Å²) in [7, 11) is 1.61. The van der Waals surface area contributed by atoms with Gasteiger partial charge in [0.05, 0.1) is 20.4 Å². The third-order valence-electron chi connectivity index (χ3n) is 2.73. The van der Waals surface area contributed by atoms with Crippen molar-refractivity contribution in [1.29, 1.82) is 0 Å². The molecule has 0 aliphatic carbocycles. The van der Waals surface area contributed by atoms with Gasteiger partial charge in [-0.05, 0) is 31.2 Å². The molecule has 0 bridgehead atoms. The number of halogens is 1. The highest BCUT2D eigenvalue weighted by Crippen LogP contribution is 2.30. The minimum atomic E-state index is -0.363. The van der Waals surface area contributed by atoms with Crippen LogP contribution in [0.25, 0.3) is 0 Å². The van der Waals surface area contributed by atoms with Crippen molar-refractivity contribution in [2.75, 3.05) is 26.9 Å². The molecule has 0 heterocycles. The van der Waals surface area contributed by atoms with Gasteiger partial charge in [0.2, 0.25) is 0 Å². The van der Waals surface area contributed by atoms with Crippen LogP contribution >= 0.6 is 0 Å². The fourth-order valence-electron chi connectivity index (χ4n) is 1.73. The van der Waals surface area contributed by atoms with E-state index in [4.69, 9.17) is 9.47 Å². The van der Waals surface area contributed by atoms with Crippen molar-refractivity contribution < 1.29 is 13.9 Å². The molecule has 3 nitrogen and oxygen atoms in total. The maximum Gasteiger partial charge on any atom is 0.161 e. The first-order valence-electron chi connectivity index (χ1n) is 6.33. The Hall–Kier alpha value is -1.29. The molecule has 0 radical (unpaired) electrons. The molecule has 0 saturated carbocycles. The largest absolute Gasteiger partial charge is 0.493 e. The zero-order valence-corrected chi connectivity index (χ0v) is 11.3. The Morgan fingerprint density at radius 2 is 2.11 bits per heavy atom. The molecule has 0 spiro atoms. The first-order chi connectivity index (χ1) is 8.72. The van der Waals surface area contributed by atoms with Crippen LogP contribution in [0.4, 0.5) is 4.39 Å². The van der Waals surface area contributed by atoms with Gasteiger partial charge >= 0.3 is 0 Å². The second kappa shape index (κ2) is 7.93. The number of alkyl halides is 1. The van der Waals surface area contributed by atoms with Crippen molar-refractivity contribution in [3.63, 3.8) is 0 Å². The smallest absolute Gasteiger partial charge is 0.161 e. The van der Waals surface area contributed by atoms with Crippen LogP contribution in [0.15, 0.2) is 18.2 Å². The van der Waals surface area contributed by atoms with Gasteiger partial charge in [-0.25, -0.2) is 0 Å². The Kier molecular flexibility index (Phi) is 6.50. The summed E-state index contributed by atoms with van der Waals surface area (Å²) in [5, 5.41) is 3.34. The first-order valence-corrected chi connectivity index (χ1v) is 6.33. The van der Waals surface area contributed by atoms with Crippen LogP contribution in [0.2, 0.25) is 0 Å². The molecule has 1 aromatic carbocycles. The number of hydrogen-bond acceptors (Lipinski definition) is 3. The summed E-state index contributed by atoms with van der Waals surface area (Å²) in [4.78, 5) is 0. The molecular weight excluding hydrogens is 233 g/mol. The molecule has 0 saturated heterocycles. The number of nitrogens with one attached hydrogen (secondary N) is 1. The molecule has 1 unspecified atom stereocenters. The lowest BCUT2D eigenvalue weighted by atomic mass is 10.1. The van der Waals surface area contributed by atoms with Gasteiger partial charge in [-0.3, -0.25) is 4.39 Å². The van der Waals surface area contributed by atoms with Gasteiger partial charge < -0.3 is 14.8 Å². The van der Waals surface area contributed by atoms with Crippen molar-refractivity contribution >= 4 is 0 Å². The highest BCUT2D eigenvalue weighted by Gasteiger charge is 2.09. The van der Waals surface area contributed by atoms with E-state index < -0.39 is 0 Å². The molecule has 1 rings (SSSR count). The van der Waals surface area contributed by atoms with Crippen LogP contribution in [0.3, 0.4) is 0 Å². The van der Waals surface area contributed by atoms with E-state index in [0.29, 0.717) is 24.5 Å². The van der Waals surface area contributed by atoms with Crippen molar-refractivity contribution in [3.8, 4) is 11.5 Å². The third-order valence-corrected chi connectivity index (χ3v) is 2.73. The van der Waals surface area contributed by atoms with Crippen LogP contribution in [0, 0.1) is 0 Å². The first kappa shape index (κ1) is 14.8. The Morgan fingerprint density at radius 3 is 2.72 bits per heavy atom. The molecular formula is C14H22FNO2. The number of hydrogen-bond donors (Lipinski definition) is 1. The minimum Gasteiger partial charge on any atom is -0.493 e.